The van der Waals surface area contributed by atoms with Crippen LogP contribution in [0.15, 0.2) is 82.5 Å². The molecule has 2 heterocycles. The summed E-state index contributed by atoms with van der Waals surface area (Å²) in [5.74, 6) is 0.257. The van der Waals surface area contributed by atoms with Gasteiger partial charge in [-0.05, 0) is 55.8 Å². The molecule has 0 saturated carbocycles. The molecule has 4 rings (SSSR count). The first-order chi connectivity index (χ1) is 16.8. The Morgan fingerprint density at radius 2 is 1.89 bits per heavy atom. The molecule has 10 heteroatoms. The third-order valence-electron chi connectivity index (χ3n) is 5.28. The molecule has 0 aliphatic carbocycles. The lowest BCUT2D eigenvalue weighted by Gasteiger charge is -2.20. The maximum absolute atomic E-state index is 13.1. The topological polar surface area (TPSA) is 115 Å². The van der Waals surface area contributed by atoms with Crippen molar-refractivity contribution >= 4 is 21.7 Å². The molecule has 0 aliphatic rings. The van der Waals surface area contributed by atoms with Crippen molar-refractivity contribution in [1.82, 2.24) is 15.1 Å². The number of aromatic nitrogens is 3. The number of ether oxygens (including phenoxy) is 1. The second-order valence-corrected chi connectivity index (χ2v) is 9.80. The number of nitrogens with zero attached hydrogens (tertiary/aromatic N) is 4. The number of anilines is 1. The van der Waals surface area contributed by atoms with Crippen LogP contribution >= 0.6 is 0 Å². The number of carbonyl (C=O) groups is 1. The molecule has 0 bridgehead atoms. The van der Waals surface area contributed by atoms with Gasteiger partial charge in [0.25, 0.3) is 10.0 Å². The van der Waals surface area contributed by atoms with Gasteiger partial charge >= 0.3 is 5.97 Å². The summed E-state index contributed by atoms with van der Waals surface area (Å²) in [6.45, 7) is 2.04. The minimum Gasteiger partial charge on any atom is -0.462 e. The molecule has 2 aromatic heterocycles. The van der Waals surface area contributed by atoms with Crippen LogP contribution in [0.4, 0.5) is 5.69 Å². The van der Waals surface area contributed by atoms with Gasteiger partial charge in [0.05, 0.1) is 22.8 Å². The summed E-state index contributed by atoms with van der Waals surface area (Å²) in [6, 6.07) is 16.6. The summed E-state index contributed by atoms with van der Waals surface area (Å²) < 4.78 is 37.9. The van der Waals surface area contributed by atoms with Gasteiger partial charge in [-0.1, -0.05) is 28.9 Å². The number of benzene rings is 2. The fourth-order valence-corrected chi connectivity index (χ4v) is 4.52. The molecule has 0 amide bonds. The molecule has 9 nitrogen and oxygen atoms in total. The van der Waals surface area contributed by atoms with E-state index in [0.29, 0.717) is 30.2 Å². The zero-order valence-corrected chi connectivity index (χ0v) is 20.1. The molecule has 35 heavy (non-hydrogen) atoms. The van der Waals surface area contributed by atoms with Crippen LogP contribution in [0.2, 0.25) is 0 Å². The molecule has 0 fully saturated rings. The van der Waals surface area contributed by atoms with E-state index in [0.717, 1.165) is 11.1 Å². The quantitative estimate of drug-likeness (QED) is 0.254. The van der Waals surface area contributed by atoms with Gasteiger partial charge in [-0.3, -0.25) is 9.29 Å². The predicted octanol–water partition coefficient (Wildman–Crippen LogP) is 4.05. The molecule has 180 valence electrons. The van der Waals surface area contributed by atoms with E-state index >= 15 is 0 Å². The van der Waals surface area contributed by atoms with Gasteiger partial charge in [0, 0.05) is 31.4 Å². The van der Waals surface area contributed by atoms with E-state index in [2.05, 4.69) is 15.1 Å². The van der Waals surface area contributed by atoms with Crippen molar-refractivity contribution < 1.29 is 22.5 Å². The summed E-state index contributed by atoms with van der Waals surface area (Å²) in [6.07, 6.45) is 4.19. The lowest BCUT2D eigenvalue weighted by atomic mass is 10.2. The average molecular weight is 493 g/mol. The molecule has 0 aliphatic heterocycles. The van der Waals surface area contributed by atoms with Gasteiger partial charge in [0.2, 0.25) is 11.7 Å². The van der Waals surface area contributed by atoms with E-state index in [9.17, 15) is 13.2 Å². The van der Waals surface area contributed by atoms with Gasteiger partial charge in [-0.2, -0.15) is 4.98 Å². The standard InChI is InChI=1S/C25H24N4O5S/c1-18-10-12-21(13-11-18)29(2)35(31,32)22-8-3-6-19(16-22)25(30)33-15-5-9-23-27-24(28-34-23)20-7-4-14-26-17-20/h3-4,6-8,10-14,16-17H,5,9,15H2,1-2H3. The molecule has 0 N–H and O–H groups in total. The lowest BCUT2D eigenvalue weighted by molar-refractivity contribution is 0.0498. The van der Waals surface area contributed by atoms with Gasteiger partial charge in [-0.15, -0.1) is 0 Å². The van der Waals surface area contributed by atoms with Crippen LogP contribution in [-0.2, 0) is 21.2 Å². The third kappa shape index (κ3) is 5.72. The average Bonchev–Trinajstić information content (AvgIpc) is 3.36. The zero-order valence-electron chi connectivity index (χ0n) is 19.3. The van der Waals surface area contributed by atoms with Crippen LogP contribution in [0, 0.1) is 6.92 Å². The minimum absolute atomic E-state index is 0.00353. The third-order valence-corrected chi connectivity index (χ3v) is 7.06. The van der Waals surface area contributed by atoms with Crippen molar-refractivity contribution in [2.24, 2.45) is 0 Å². The first-order valence-electron chi connectivity index (χ1n) is 10.9. The monoisotopic (exact) mass is 492 g/mol. The number of esters is 1. The van der Waals surface area contributed by atoms with Crippen LogP contribution in [0.5, 0.6) is 0 Å². The molecular weight excluding hydrogens is 468 g/mol. The number of hydrogen-bond acceptors (Lipinski definition) is 8. The number of pyridine rings is 1. The van der Waals surface area contributed by atoms with Crippen LogP contribution in [-0.4, -0.2) is 43.2 Å². The Bertz CT molecular complexity index is 1400. The minimum atomic E-state index is -3.85. The molecule has 0 spiro atoms. The molecular formula is C25H24N4O5S. The smallest absolute Gasteiger partial charge is 0.338 e. The van der Waals surface area contributed by atoms with Crippen molar-refractivity contribution in [3.63, 3.8) is 0 Å². The van der Waals surface area contributed by atoms with Crippen molar-refractivity contribution in [2.75, 3.05) is 18.0 Å². The van der Waals surface area contributed by atoms with E-state index < -0.39 is 16.0 Å². The summed E-state index contributed by atoms with van der Waals surface area (Å²) in [4.78, 5) is 20.9. The van der Waals surface area contributed by atoms with E-state index in [1.807, 2.05) is 25.1 Å². The Morgan fingerprint density at radius 3 is 2.63 bits per heavy atom. The second-order valence-electron chi connectivity index (χ2n) is 7.83. The molecule has 4 aromatic rings. The van der Waals surface area contributed by atoms with E-state index in [1.165, 1.54) is 35.6 Å². The number of aryl methyl sites for hydroxylation is 2. The highest BCUT2D eigenvalue weighted by molar-refractivity contribution is 7.92. The Labute approximate surface area is 203 Å². The highest BCUT2D eigenvalue weighted by Gasteiger charge is 2.22. The Kier molecular flexibility index (Phi) is 7.21. The normalized spacial score (nSPS) is 11.3. The van der Waals surface area contributed by atoms with E-state index in [-0.39, 0.29) is 17.1 Å². The highest BCUT2D eigenvalue weighted by atomic mass is 32.2. The van der Waals surface area contributed by atoms with Crippen molar-refractivity contribution in [1.29, 1.82) is 0 Å². The summed E-state index contributed by atoms with van der Waals surface area (Å²) >= 11 is 0. The predicted molar refractivity (Wildman–Crippen MR) is 129 cm³/mol. The zero-order chi connectivity index (χ0) is 24.8. The summed E-state index contributed by atoms with van der Waals surface area (Å²) in [7, 11) is -2.37. The molecule has 0 radical (unpaired) electrons. The SMILES string of the molecule is Cc1ccc(N(C)S(=O)(=O)c2cccc(C(=O)OCCCc3nc(-c4cccnc4)no3)c2)cc1. The Hall–Kier alpha value is -4.05. The molecule has 2 aromatic carbocycles. The maximum Gasteiger partial charge on any atom is 0.338 e. The van der Waals surface area contributed by atoms with Crippen LogP contribution in [0.25, 0.3) is 11.4 Å². The van der Waals surface area contributed by atoms with Crippen LogP contribution in [0.1, 0.15) is 28.2 Å². The van der Waals surface area contributed by atoms with Crippen molar-refractivity contribution in [3.05, 3.63) is 90.1 Å². The summed E-state index contributed by atoms with van der Waals surface area (Å²) in [5, 5.41) is 3.93. The summed E-state index contributed by atoms with van der Waals surface area (Å²) in [5.41, 5.74) is 2.45. The number of hydrogen-bond donors (Lipinski definition) is 0. The van der Waals surface area contributed by atoms with Gasteiger partial charge in [0.1, 0.15) is 0 Å². The molecule has 0 unspecified atom stereocenters. The van der Waals surface area contributed by atoms with Crippen LogP contribution in [0.3, 0.4) is 0 Å². The van der Waals surface area contributed by atoms with Gasteiger partial charge in [0.15, 0.2) is 0 Å². The largest absolute Gasteiger partial charge is 0.462 e. The second kappa shape index (κ2) is 10.5. The number of carbonyl (C=O) groups excluding carboxylic acids is 1. The van der Waals surface area contributed by atoms with Crippen LogP contribution < -0.4 is 4.31 Å². The number of sulfonamides is 1. The molecule has 0 atom stereocenters. The fourth-order valence-electron chi connectivity index (χ4n) is 3.28. The fraction of sp³-hybridized carbons (Fsp3) is 0.200. The van der Waals surface area contributed by atoms with E-state index in [4.69, 9.17) is 9.26 Å². The highest BCUT2D eigenvalue weighted by Crippen LogP contribution is 2.23. The molecule has 0 saturated heterocycles. The first kappa shape index (κ1) is 24.1. The Balaban J connectivity index is 1.34. The first-order valence-corrected chi connectivity index (χ1v) is 12.3. The lowest BCUT2D eigenvalue weighted by Crippen LogP contribution is -2.26. The van der Waals surface area contributed by atoms with Gasteiger partial charge < -0.3 is 9.26 Å². The van der Waals surface area contributed by atoms with Gasteiger partial charge in [-0.25, -0.2) is 13.2 Å². The van der Waals surface area contributed by atoms with E-state index in [1.54, 1.807) is 30.6 Å². The van der Waals surface area contributed by atoms with Crippen molar-refractivity contribution in [3.8, 4) is 11.4 Å². The van der Waals surface area contributed by atoms with Crippen molar-refractivity contribution in [2.45, 2.75) is 24.7 Å². The maximum atomic E-state index is 13.1. The Morgan fingerprint density at radius 1 is 1.09 bits per heavy atom. The number of rotatable bonds is 9.